The zero-order valence-electron chi connectivity index (χ0n) is 11.8. The molecule has 1 atom stereocenters. The van der Waals surface area contributed by atoms with Crippen LogP contribution in [0.3, 0.4) is 0 Å². The van der Waals surface area contributed by atoms with Gasteiger partial charge in [-0.15, -0.1) is 12.4 Å². The minimum Gasteiger partial charge on any atom is -0.479 e. The van der Waals surface area contributed by atoms with Gasteiger partial charge in [-0.2, -0.15) is 0 Å². The predicted octanol–water partition coefficient (Wildman–Crippen LogP) is 1.06. The van der Waals surface area contributed by atoms with E-state index in [2.05, 4.69) is 9.97 Å². The van der Waals surface area contributed by atoms with Crippen LogP contribution >= 0.6 is 12.4 Å². The molecule has 0 fully saturated rings. The van der Waals surface area contributed by atoms with Crippen molar-refractivity contribution in [3.8, 4) is 0 Å². The topological polar surface area (TPSA) is 88.3 Å². The first-order valence-corrected chi connectivity index (χ1v) is 6.53. The third-order valence-electron chi connectivity index (χ3n) is 3.63. The number of carboxylic acid groups (broad SMARTS) is 1. The molecule has 1 unspecified atom stereocenters. The number of hydrogen-bond donors (Lipinski definition) is 1. The number of aliphatic carboxylic acids is 1. The number of pyridine rings is 1. The summed E-state index contributed by atoms with van der Waals surface area (Å²) in [7, 11) is 1.74. The molecule has 3 rings (SSSR count). The smallest absolute Gasteiger partial charge is 0.332 e. The highest BCUT2D eigenvalue weighted by molar-refractivity contribution is 5.96. The number of aromatic nitrogens is 3. The Balaban J connectivity index is 0.00000176. The average molecular weight is 323 g/mol. The van der Waals surface area contributed by atoms with Crippen molar-refractivity contribution in [3.63, 3.8) is 0 Å². The summed E-state index contributed by atoms with van der Waals surface area (Å²) in [5.41, 5.74) is 1.68. The number of rotatable bonds is 2. The lowest BCUT2D eigenvalue weighted by atomic mass is 10.0. The molecule has 116 valence electrons. The summed E-state index contributed by atoms with van der Waals surface area (Å²) in [6.07, 6.45) is 5.14. The Labute approximate surface area is 133 Å². The molecular formula is C14H15ClN4O3. The maximum atomic E-state index is 12.6. The van der Waals surface area contributed by atoms with E-state index in [1.54, 1.807) is 36.3 Å². The fourth-order valence-electron chi connectivity index (χ4n) is 2.66. The SMILES string of the molecule is Cl.Cn1cnc2c1C(C(=O)O)N(C(=O)c1cccnc1)CC2. The highest BCUT2D eigenvalue weighted by Crippen LogP contribution is 2.30. The summed E-state index contributed by atoms with van der Waals surface area (Å²) in [5.74, 6) is -1.39. The van der Waals surface area contributed by atoms with Gasteiger partial charge >= 0.3 is 5.97 Å². The molecule has 1 amide bonds. The molecule has 0 radical (unpaired) electrons. The number of fused-ring (bicyclic) bond motifs is 1. The summed E-state index contributed by atoms with van der Waals surface area (Å²) < 4.78 is 1.66. The zero-order valence-corrected chi connectivity index (χ0v) is 12.7. The van der Waals surface area contributed by atoms with E-state index in [0.29, 0.717) is 24.2 Å². The maximum Gasteiger partial charge on any atom is 0.332 e. The molecule has 1 aliphatic rings. The maximum absolute atomic E-state index is 12.6. The van der Waals surface area contributed by atoms with Crippen molar-refractivity contribution in [3.05, 3.63) is 47.8 Å². The normalized spacial score (nSPS) is 16.6. The number of hydrogen-bond acceptors (Lipinski definition) is 4. The van der Waals surface area contributed by atoms with Crippen LogP contribution in [0.15, 0.2) is 30.9 Å². The molecule has 8 heteroatoms. The van der Waals surface area contributed by atoms with Gasteiger partial charge in [0.2, 0.25) is 0 Å². The van der Waals surface area contributed by atoms with Crippen LogP contribution in [0.5, 0.6) is 0 Å². The minimum atomic E-state index is -1.06. The molecule has 1 aliphatic heterocycles. The van der Waals surface area contributed by atoms with E-state index in [4.69, 9.17) is 0 Å². The largest absolute Gasteiger partial charge is 0.479 e. The molecule has 7 nitrogen and oxygen atoms in total. The van der Waals surface area contributed by atoms with Crippen LogP contribution in [0.25, 0.3) is 0 Å². The summed E-state index contributed by atoms with van der Waals surface area (Å²) in [6.45, 7) is 0.328. The Morgan fingerprint density at radius 1 is 1.41 bits per heavy atom. The van der Waals surface area contributed by atoms with Gasteiger partial charge in [0.15, 0.2) is 6.04 Å². The van der Waals surface area contributed by atoms with E-state index < -0.39 is 12.0 Å². The third kappa shape index (κ3) is 2.55. The number of aryl methyl sites for hydroxylation is 1. The van der Waals surface area contributed by atoms with Crippen LogP contribution in [0.4, 0.5) is 0 Å². The highest BCUT2D eigenvalue weighted by atomic mass is 35.5. The van der Waals surface area contributed by atoms with Crippen molar-refractivity contribution in [2.45, 2.75) is 12.5 Å². The molecular weight excluding hydrogens is 308 g/mol. The van der Waals surface area contributed by atoms with E-state index in [9.17, 15) is 14.7 Å². The van der Waals surface area contributed by atoms with Gasteiger partial charge < -0.3 is 14.6 Å². The quantitative estimate of drug-likeness (QED) is 0.893. The van der Waals surface area contributed by atoms with Crippen LogP contribution < -0.4 is 0 Å². The molecule has 3 heterocycles. The fourth-order valence-corrected chi connectivity index (χ4v) is 2.66. The molecule has 0 bridgehead atoms. The standard InChI is InChI=1S/C14H14N4O3.ClH/c1-17-8-16-10-4-6-18(12(11(10)17)14(20)21)13(19)9-3-2-5-15-7-9;/h2-3,5,7-8,12H,4,6H2,1H3,(H,20,21);1H. The van der Waals surface area contributed by atoms with Gasteiger partial charge in [-0.3, -0.25) is 9.78 Å². The number of carbonyl (C=O) groups is 2. The number of imidazole rings is 1. The summed E-state index contributed by atoms with van der Waals surface area (Å²) in [5, 5.41) is 9.54. The zero-order chi connectivity index (χ0) is 15.0. The molecule has 0 aliphatic carbocycles. The second-order valence-corrected chi connectivity index (χ2v) is 4.92. The first-order valence-electron chi connectivity index (χ1n) is 6.53. The Kier molecular flexibility index (Phi) is 4.46. The lowest BCUT2D eigenvalue weighted by Gasteiger charge is -2.33. The van der Waals surface area contributed by atoms with E-state index in [-0.39, 0.29) is 18.3 Å². The molecule has 0 saturated heterocycles. The Morgan fingerprint density at radius 3 is 2.82 bits per heavy atom. The van der Waals surface area contributed by atoms with Crippen LogP contribution in [0.2, 0.25) is 0 Å². The van der Waals surface area contributed by atoms with Gasteiger partial charge in [0.1, 0.15) is 0 Å². The average Bonchev–Trinajstić information content (AvgIpc) is 2.88. The van der Waals surface area contributed by atoms with E-state index >= 15 is 0 Å². The fraction of sp³-hybridized carbons (Fsp3) is 0.286. The molecule has 1 N–H and O–H groups in total. The summed E-state index contributed by atoms with van der Waals surface area (Å²) in [6, 6.07) is 2.27. The molecule has 2 aromatic heterocycles. The number of halogens is 1. The second-order valence-electron chi connectivity index (χ2n) is 4.92. The van der Waals surface area contributed by atoms with Crippen molar-refractivity contribution in [1.82, 2.24) is 19.4 Å². The van der Waals surface area contributed by atoms with E-state index in [0.717, 1.165) is 5.69 Å². The predicted molar refractivity (Wildman–Crippen MR) is 79.8 cm³/mol. The monoisotopic (exact) mass is 322 g/mol. The van der Waals surface area contributed by atoms with Crippen molar-refractivity contribution in [1.29, 1.82) is 0 Å². The number of carbonyl (C=O) groups excluding carboxylic acids is 1. The number of nitrogens with zero attached hydrogens (tertiary/aromatic N) is 4. The molecule has 0 saturated carbocycles. The van der Waals surface area contributed by atoms with Crippen LogP contribution in [0, 0.1) is 0 Å². The van der Waals surface area contributed by atoms with Gasteiger partial charge in [-0.1, -0.05) is 0 Å². The summed E-state index contributed by atoms with van der Waals surface area (Å²) >= 11 is 0. The van der Waals surface area contributed by atoms with Crippen molar-refractivity contribution >= 4 is 24.3 Å². The van der Waals surface area contributed by atoms with Gasteiger partial charge in [0.25, 0.3) is 5.91 Å². The van der Waals surface area contributed by atoms with Crippen molar-refractivity contribution in [2.75, 3.05) is 6.54 Å². The van der Waals surface area contributed by atoms with Crippen LogP contribution in [-0.2, 0) is 18.3 Å². The van der Waals surface area contributed by atoms with Crippen LogP contribution in [-0.4, -0.2) is 43.0 Å². The van der Waals surface area contributed by atoms with E-state index in [1.807, 2.05) is 0 Å². The van der Waals surface area contributed by atoms with Gasteiger partial charge in [0, 0.05) is 32.4 Å². The Bertz CT molecular complexity index is 701. The lowest BCUT2D eigenvalue weighted by molar-refractivity contribution is -0.143. The molecule has 22 heavy (non-hydrogen) atoms. The number of carboxylic acids is 1. The van der Waals surface area contributed by atoms with Crippen LogP contribution in [0.1, 0.15) is 27.8 Å². The van der Waals surface area contributed by atoms with Gasteiger partial charge in [0.05, 0.1) is 23.3 Å². The molecule has 2 aromatic rings. The van der Waals surface area contributed by atoms with Crippen molar-refractivity contribution in [2.24, 2.45) is 7.05 Å². The minimum absolute atomic E-state index is 0. The Morgan fingerprint density at radius 2 is 2.18 bits per heavy atom. The first kappa shape index (κ1) is 16.0. The lowest BCUT2D eigenvalue weighted by Crippen LogP contribution is -2.44. The molecule has 0 aromatic carbocycles. The first-order chi connectivity index (χ1) is 10.1. The van der Waals surface area contributed by atoms with Gasteiger partial charge in [-0.05, 0) is 12.1 Å². The molecule has 0 spiro atoms. The van der Waals surface area contributed by atoms with E-state index in [1.165, 1.54) is 11.1 Å². The number of amides is 1. The Hall–Kier alpha value is -2.41. The third-order valence-corrected chi connectivity index (χ3v) is 3.63. The van der Waals surface area contributed by atoms with Crippen molar-refractivity contribution < 1.29 is 14.7 Å². The second kappa shape index (κ2) is 6.15. The summed E-state index contributed by atoms with van der Waals surface area (Å²) in [4.78, 5) is 33.7. The van der Waals surface area contributed by atoms with Gasteiger partial charge in [-0.25, -0.2) is 9.78 Å². The highest BCUT2D eigenvalue weighted by Gasteiger charge is 2.38.